The van der Waals surface area contributed by atoms with Crippen LogP contribution in [0.2, 0.25) is 0 Å². The molecule has 100 valence electrons. The van der Waals surface area contributed by atoms with Crippen LogP contribution in [-0.4, -0.2) is 15.6 Å². The molecule has 0 bridgehead atoms. The molecular weight excluding hydrogens is 262 g/mol. The van der Waals surface area contributed by atoms with E-state index in [-0.39, 0.29) is 5.76 Å². The van der Waals surface area contributed by atoms with Crippen molar-refractivity contribution in [1.29, 1.82) is 0 Å². The lowest BCUT2D eigenvalue weighted by Gasteiger charge is -2.06. The van der Waals surface area contributed by atoms with Crippen molar-refractivity contribution in [1.82, 2.24) is 9.66 Å². The van der Waals surface area contributed by atoms with Gasteiger partial charge in [0.05, 0.1) is 17.2 Å². The average Bonchev–Trinajstić information content (AvgIpc) is 2.97. The van der Waals surface area contributed by atoms with Crippen LogP contribution < -0.4 is 16.7 Å². The Balaban J connectivity index is 2.10. The minimum Gasteiger partial charge on any atom is -0.459 e. The van der Waals surface area contributed by atoms with Gasteiger partial charge < -0.3 is 9.40 Å². The van der Waals surface area contributed by atoms with Gasteiger partial charge in [-0.05, 0) is 24.3 Å². The molecule has 0 aliphatic carbocycles. The zero-order valence-electron chi connectivity index (χ0n) is 10.1. The van der Waals surface area contributed by atoms with Crippen LogP contribution in [0.3, 0.4) is 0 Å². The van der Waals surface area contributed by atoms with Crippen molar-refractivity contribution in [3.8, 4) is 0 Å². The van der Waals surface area contributed by atoms with E-state index in [9.17, 15) is 14.4 Å². The molecule has 0 aliphatic heterocycles. The average molecular weight is 271 g/mol. The Labute approximate surface area is 111 Å². The van der Waals surface area contributed by atoms with Crippen LogP contribution in [0.25, 0.3) is 10.9 Å². The number of nitrogens with zero attached hydrogens (tertiary/aromatic N) is 1. The highest BCUT2D eigenvalue weighted by atomic mass is 16.3. The number of carbonyl (C=O) groups excluding carboxylic acids is 1. The molecule has 0 spiro atoms. The molecular formula is C13H9N3O4. The summed E-state index contributed by atoms with van der Waals surface area (Å²) < 4.78 is 5.51. The van der Waals surface area contributed by atoms with Gasteiger partial charge in [-0.3, -0.25) is 9.59 Å². The number of para-hydroxylation sites is 1. The van der Waals surface area contributed by atoms with Crippen molar-refractivity contribution in [2.24, 2.45) is 0 Å². The summed E-state index contributed by atoms with van der Waals surface area (Å²) in [5, 5.41) is 0.298. The monoisotopic (exact) mass is 271 g/mol. The van der Waals surface area contributed by atoms with E-state index in [1.165, 1.54) is 18.4 Å². The molecule has 0 atom stereocenters. The van der Waals surface area contributed by atoms with E-state index < -0.39 is 17.2 Å². The summed E-state index contributed by atoms with van der Waals surface area (Å²) in [4.78, 5) is 38.3. The summed E-state index contributed by atoms with van der Waals surface area (Å²) in [5.41, 5.74) is 1.27. The molecule has 2 heterocycles. The lowest BCUT2D eigenvalue weighted by molar-refractivity contribution is 0.0980. The third kappa shape index (κ3) is 1.91. The lowest BCUT2D eigenvalue weighted by atomic mass is 10.2. The number of furan rings is 1. The normalized spacial score (nSPS) is 10.6. The first-order chi connectivity index (χ1) is 9.66. The zero-order valence-corrected chi connectivity index (χ0v) is 10.1. The highest BCUT2D eigenvalue weighted by Gasteiger charge is 2.13. The molecule has 0 radical (unpaired) electrons. The van der Waals surface area contributed by atoms with E-state index in [0.717, 1.165) is 0 Å². The van der Waals surface area contributed by atoms with Gasteiger partial charge in [0.2, 0.25) is 0 Å². The quantitative estimate of drug-likeness (QED) is 0.715. The molecule has 3 aromatic rings. The van der Waals surface area contributed by atoms with Gasteiger partial charge in [-0.1, -0.05) is 12.1 Å². The van der Waals surface area contributed by atoms with Gasteiger partial charge in [0.1, 0.15) is 0 Å². The number of aromatic amines is 1. The predicted octanol–water partition coefficient (Wildman–Crippen LogP) is 0.667. The van der Waals surface area contributed by atoms with Gasteiger partial charge in [-0.2, -0.15) is 4.68 Å². The van der Waals surface area contributed by atoms with Gasteiger partial charge >= 0.3 is 11.6 Å². The molecule has 0 aliphatic rings. The van der Waals surface area contributed by atoms with Crippen molar-refractivity contribution < 1.29 is 9.21 Å². The zero-order chi connectivity index (χ0) is 14.1. The van der Waals surface area contributed by atoms with Crippen LogP contribution in [0.5, 0.6) is 0 Å². The Morgan fingerprint density at radius 2 is 1.95 bits per heavy atom. The summed E-state index contributed by atoms with van der Waals surface area (Å²) in [6, 6.07) is 9.49. The number of carbonyl (C=O) groups is 1. The maximum atomic E-state index is 12.2. The SMILES string of the molecule is O=C(Nn1c(=O)[nH]c2ccccc2c1=O)c1ccco1. The van der Waals surface area contributed by atoms with Crippen LogP contribution in [0.4, 0.5) is 0 Å². The molecule has 3 rings (SSSR count). The maximum Gasteiger partial charge on any atom is 0.348 e. The number of amides is 1. The molecule has 0 saturated heterocycles. The van der Waals surface area contributed by atoms with E-state index in [1.807, 2.05) is 0 Å². The second kappa shape index (κ2) is 4.54. The summed E-state index contributed by atoms with van der Waals surface area (Å²) >= 11 is 0. The van der Waals surface area contributed by atoms with E-state index >= 15 is 0 Å². The van der Waals surface area contributed by atoms with E-state index in [2.05, 4.69) is 10.4 Å². The summed E-state index contributed by atoms with van der Waals surface area (Å²) in [5.74, 6) is -0.678. The third-order valence-corrected chi connectivity index (χ3v) is 2.76. The molecule has 20 heavy (non-hydrogen) atoms. The molecule has 2 aromatic heterocycles. The Morgan fingerprint density at radius 3 is 2.70 bits per heavy atom. The largest absolute Gasteiger partial charge is 0.459 e. The summed E-state index contributed by atoms with van der Waals surface area (Å²) in [7, 11) is 0. The standard InChI is InChI=1S/C13H9N3O4/c17-11(10-6-3-7-20-10)15-16-12(18)8-4-1-2-5-9(8)14-13(16)19/h1-7H,(H,14,19)(H,15,17). The third-order valence-electron chi connectivity index (χ3n) is 2.76. The number of benzene rings is 1. The van der Waals surface area contributed by atoms with Gasteiger partial charge in [0, 0.05) is 0 Å². The molecule has 0 saturated carbocycles. The van der Waals surface area contributed by atoms with Crippen molar-refractivity contribution >= 4 is 16.8 Å². The van der Waals surface area contributed by atoms with Crippen LogP contribution >= 0.6 is 0 Å². The Bertz CT molecular complexity index is 890. The van der Waals surface area contributed by atoms with E-state index in [1.54, 1.807) is 24.3 Å². The summed E-state index contributed by atoms with van der Waals surface area (Å²) in [6.45, 7) is 0. The first-order valence-electron chi connectivity index (χ1n) is 5.76. The van der Waals surface area contributed by atoms with Gasteiger partial charge in [-0.25, -0.2) is 10.2 Å². The number of rotatable bonds is 2. The first-order valence-corrected chi connectivity index (χ1v) is 5.76. The van der Waals surface area contributed by atoms with E-state index in [4.69, 9.17) is 4.42 Å². The number of H-pyrrole nitrogens is 1. The van der Waals surface area contributed by atoms with Gasteiger partial charge in [0.25, 0.3) is 5.56 Å². The smallest absolute Gasteiger partial charge is 0.348 e. The molecule has 1 amide bonds. The second-order valence-electron chi connectivity index (χ2n) is 4.03. The van der Waals surface area contributed by atoms with Gasteiger partial charge in [0.15, 0.2) is 5.76 Å². The fraction of sp³-hybridized carbons (Fsp3) is 0. The van der Waals surface area contributed by atoms with Crippen molar-refractivity contribution in [2.45, 2.75) is 0 Å². The highest BCUT2D eigenvalue weighted by molar-refractivity contribution is 5.97. The number of hydrogen-bond donors (Lipinski definition) is 2. The Kier molecular flexibility index (Phi) is 2.72. The molecule has 0 fully saturated rings. The molecule has 7 nitrogen and oxygen atoms in total. The first kappa shape index (κ1) is 12.0. The maximum absolute atomic E-state index is 12.2. The topological polar surface area (TPSA) is 97.1 Å². The molecule has 1 aromatic carbocycles. The van der Waals surface area contributed by atoms with Crippen LogP contribution in [0.1, 0.15) is 10.6 Å². The number of aromatic nitrogens is 2. The van der Waals surface area contributed by atoms with Crippen molar-refractivity contribution in [2.75, 3.05) is 5.43 Å². The minimum absolute atomic E-state index is 0.00413. The van der Waals surface area contributed by atoms with Gasteiger partial charge in [-0.15, -0.1) is 0 Å². The highest BCUT2D eigenvalue weighted by Crippen LogP contribution is 2.03. The fourth-order valence-corrected chi connectivity index (χ4v) is 1.83. The lowest BCUT2D eigenvalue weighted by Crippen LogP contribution is -2.43. The van der Waals surface area contributed by atoms with Crippen molar-refractivity contribution in [3.05, 3.63) is 69.3 Å². The number of fused-ring (bicyclic) bond motifs is 1. The van der Waals surface area contributed by atoms with E-state index in [0.29, 0.717) is 15.6 Å². The second-order valence-corrected chi connectivity index (χ2v) is 4.03. The van der Waals surface area contributed by atoms with Crippen LogP contribution in [0, 0.1) is 0 Å². The predicted molar refractivity (Wildman–Crippen MR) is 71.2 cm³/mol. The molecule has 2 N–H and O–H groups in total. The van der Waals surface area contributed by atoms with Crippen LogP contribution in [0.15, 0.2) is 56.7 Å². The Hall–Kier alpha value is -3.09. The van der Waals surface area contributed by atoms with Crippen LogP contribution in [-0.2, 0) is 0 Å². The summed E-state index contributed by atoms with van der Waals surface area (Å²) in [6.07, 6.45) is 1.32. The minimum atomic E-state index is -0.728. The Morgan fingerprint density at radius 1 is 1.15 bits per heavy atom. The number of nitrogens with one attached hydrogen (secondary N) is 2. The fourth-order valence-electron chi connectivity index (χ4n) is 1.83. The molecule has 0 unspecified atom stereocenters. The number of hydrogen-bond acceptors (Lipinski definition) is 4. The van der Waals surface area contributed by atoms with Crippen molar-refractivity contribution in [3.63, 3.8) is 0 Å². The molecule has 7 heteroatoms.